The Morgan fingerprint density at radius 3 is 2.81 bits per heavy atom. The molecule has 2 heterocycles. The summed E-state index contributed by atoms with van der Waals surface area (Å²) in [7, 11) is 0. The number of rotatable bonds is 5. The molecule has 0 saturated carbocycles. The molecule has 6 heteroatoms. The van der Waals surface area contributed by atoms with Crippen LogP contribution in [0.3, 0.4) is 0 Å². The number of imidazole rings is 1. The quantitative estimate of drug-likeness (QED) is 0.580. The van der Waals surface area contributed by atoms with Crippen molar-refractivity contribution in [2.75, 3.05) is 0 Å². The van der Waals surface area contributed by atoms with Gasteiger partial charge < -0.3 is 10.1 Å². The molecule has 0 atom stereocenters. The SMILES string of the molecule is O=C(NCc1cccc(Oc2ccccc2F)c1)c1cccc2cncn12. The topological polar surface area (TPSA) is 55.6 Å². The van der Waals surface area contributed by atoms with Crippen LogP contribution >= 0.6 is 0 Å². The molecule has 0 aliphatic rings. The summed E-state index contributed by atoms with van der Waals surface area (Å²) in [6.07, 6.45) is 3.30. The summed E-state index contributed by atoms with van der Waals surface area (Å²) in [6.45, 7) is 0.318. The number of fused-ring (bicyclic) bond motifs is 1. The molecule has 0 spiro atoms. The van der Waals surface area contributed by atoms with E-state index < -0.39 is 5.82 Å². The number of nitrogens with zero attached hydrogens (tertiary/aromatic N) is 2. The lowest BCUT2D eigenvalue weighted by molar-refractivity contribution is 0.0944. The zero-order chi connectivity index (χ0) is 18.6. The number of ether oxygens (including phenoxy) is 1. The molecule has 2 aromatic heterocycles. The van der Waals surface area contributed by atoms with Crippen molar-refractivity contribution < 1.29 is 13.9 Å². The standard InChI is InChI=1S/C21H16FN3O2/c22-18-8-1-2-10-20(18)27-17-7-3-5-15(11-17)12-24-21(26)19-9-4-6-16-13-23-14-25(16)19/h1-11,13-14H,12H2,(H,24,26). The van der Waals surface area contributed by atoms with Gasteiger partial charge in [0.2, 0.25) is 0 Å². The number of hydrogen-bond donors (Lipinski definition) is 1. The predicted molar refractivity (Wildman–Crippen MR) is 99.3 cm³/mol. The van der Waals surface area contributed by atoms with E-state index in [4.69, 9.17) is 4.74 Å². The van der Waals surface area contributed by atoms with E-state index in [9.17, 15) is 9.18 Å². The molecule has 134 valence electrons. The smallest absolute Gasteiger partial charge is 0.268 e. The van der Waals surface area contributed by atoms with Crippen LogP contribution in [-0.4, -0.2) is 15.3 Å². The molecule has 0 fully saturated rings. The number of para-hydroxylation sites is 1. The summed E-state index contributed by atoms with van der Waals surface area (Å²) in [4.78, 5) is 16.6. The van der Waals surface area contributed by atoms with Gasteiger partial charge in [0.05, 0.1) is 18.0 Å². The van der Waals surface area contributed by atoms with Crippen LogP contribution in [0.2, 0.25) is 0 Å². The highest BCUT2D eigenvalue weighted by molar-refractivity contribution is 5.93. The molecule has 0 aliphatic heterocycles. The third-order valence-corrected chi connectivity index (χ3v) is 4.10. The van der Waals surface area contributed by atoms with Gasteiger partial charge in [-0.05, 0) is 42.0 Å². The first kappa shape index (κ1) is 16.8. The van der Waals surface area contributed by atoms with Crippen LogP contribution in [-0.2, 0) is 6.54 Å². The van der Waals surface area contributed by atoms with E-state index in [0.29, 0.717) is 18.0 Å². The van der Waals surface area contributed by atoms with Crippen molar-refractivity contribution in [2.45, 2.75) is 6.54 Å². The van der Waals surface area contributed by atoms with Gasteiger partial charge in [-0.2, -0.15) is 0 Å². The highest BCUT2D eigenvalue weighted by atomic mass is 19.1. The second-order valence-corrected chi connectivity index (χ2v) is 5.96. The Labute approximate surface area is 155 Å². The van der Waals surface area contributed by atoms with Crippen LogP contribution in [0.25, 0.3) is 5.52 Å². The maximum Gasteiger partial charge on any atom is 0.268 e. The Hall–Kier alpha value is -3.67. The molecule has 0 bridgehead atoms. The second-order valence-electron chi connectivity index (χ2n) is 5.96. The number of benzene rings is 2. The molecule has 0 saturated heterocycles. The predicted octanol–water partition coefficient (Wildman–Crippen LogP) is 4.20. The summed E-state index contributed by atoms with van der Waals surface area (Å²) in [5, 5.41) is 2.88. The van der Waals surface area contributed by atoms with Crippen molar-refractivity contribution in [3.63, 3.8) is 0 Å². The average Bonchev–Trinajstić information content (AvgIpc) is 3.17. The van der Waals surface area contributed by atoms with Crippen molar-refractivity contribution in [3.8, 4) is 11.5 Å². The van der Waals surface area contributed by atoms with Crippen LogP contribution < -0.4 is 10.1 Å². The third-order valence-electron chi connectivity index (χ3n) is 4.10. The van der Waals surface area contributed by atoms with E-state index in [1.54, 1.807) is 59.4 Å². The van der Waals surface area contributed by atoms with Crippen molar-refractivity contribution in [2.24, 2.45) is 0 Å². The number of hydrogen-bond acceptors (Lipinski definition) is 3. The number of carbonyl (C=O) groups is 1. The number of carbonyl (C=O) groups excluding carboxylic acids is 1. The highest BCUT2D eigenvalue weighted by Crippen LogP contribution is 2.24. The molecule has 2 aromatic carbocycles. The summed E-state index contributed by atoms with van der Waals surface area (Å²) in [5.41, 5.74) is 2.20. The van der Waals surface area contributed by atoms with Crippen molar-refractivity contribution in [3.05, 3.63) is 96.3 Å². The first-order chi connectivity index (χ1) is 13.2. The molecular formula is C21H16FN3O2. The van der Waals surface area contributed by atoms with Gasteiger partial charge in [0.1, 0.15) is 11.4 Å². The lowest BCUT2D eigenvalue weighted by atomic mass is 10.2. The van der Waals surface area contributed by atoms with Gasteiger partial charge in [0.15, 0.2) is 11.6 Å². The molecule has 4 rings (SSSR count). The van der Waals surface area contributed by atoms with Gasteiger partial charge in [-0.15, -0.1) is 0 Å². The van der Waals surface area contributed by atoms with E-state index in [-0.39, 0.29) is 11.7 Å². The maximum absolute atomic E-state index is 13.7. The molecule has 0 radical (unpaired) electrons. The minimum atomic E-state index is -0.426. The number of pyridine rings is 1. The summed E-state index contributed by atoms with van der Waals surface area (Å²) in [5.74, 6) is 0.0256. The molecule has 27 heavy (non-hydrogen) atoms. The Bertz CT molecular complexity index is 1110. The maximum atomic E-state index is 13.7. The fourth-order valence-corrected chi connectivity index (χ4v) is 2.78. The van der Waals surface area contributed by atoms with Crippen LogP contribution in [0.5, 0.6) is 11.5 Å². The Morgan fingerprint density at radius 1 is 1.07 bits per heavy atom. The van der Waals surface area contributed by atoms with Gasteiger partial charge in [-0.1, -0.05) is 30.3 Å². The van der Waals surface area contributed by atoms with Gasteiger partial charge in [-0.25, -0.2) is 9.37 Å². The van der Waals surface area contributed by atoms with Crippen molar-refractivity contribution >= 4 is 11.4 Å². The molecule has 5 nitrogen and oxygen atoms in total. The van der Waals surface area contributed by atoms with E-state index in [1.807, 2.05) is 18.2 Å². The lowest BCUT2D eigenvalue weighted by Gasteiger charge is -2.10. The Kier molecular flexibility index (Phi) is 4.53. The third kappa shape index (κ3) is 3.64. The van der Waals surface area contributed by atoms with Crippen LogP contribution in [0.4, 0.5) is 4.39 Å². The zero-order valence-corrected chi connectivity index (χ0v) is 14.3. The number of nitrogens with one attached hydrogen (secondary N) is 1. The molecule has 0 unspecified atom stereocenters. The average molecular weight is 361 g/mol. The minimum absolute atomic E-state index is 0.158. The van der Waals surface area contributed by atoms with E-state index in [1.165, 1.54) is 6.07 Å². The van der Waals surface area contributed by atoms with E-state index in [0.717, 1.165) is 11.1 Å². The van der Waals surface area contributed by atoms with E-state index >= 15 is 0 Å². The first-order valence-corrected chi connectivity index (χ1v) is 8.41. The van der Waals surface area contributed by atoms with Crippen molar-refractivity contribution in [1.82, 2.24) is 14.7 Å². The molecular weight excluding hydrogens is 345 g/mol. The number of aromatic nitrogens is 2. The summed E-state index contributed by atoms with van der Waals surface area (Å²) < 4.78 is 21.0. The molecule has 1 amide bonds. The largest absolute Gasteiger partial charge is 0.454 e. The molecule has 4 aromatic rings. The fourth-order valence-electron chi connectivity index (χ4n) is 2.78. The lowest BCUT2D eigenvalue weighted by Crippen LogP contribution is -2.24. The zero-order valence-electron chi connectivity index (χ0n) is 14.3. The van der Waals surface area contributed by atoms with Gasteiger partial charge in [0.25, 0.3) is 5.91 Å². The van der Waals surface area contributed by atoms with Crippen LogP contribution in [0.1, 0.15) is 16.1 Å². The molecule has 0 aliphatic carbocycles. The minimum Gasteiger partial charge on any atom is -0.454 e. The monoisotopic (exact) mass is 361 g/mol. The number of halogens is 1. The van der Waals surface area contributed by atoms with Crippen LogP contribution in [0, 0.1) is 5.82 Å². The first-order valence-electron chi connectivity index (χ1n) is 8.41. The fraction of sp³-hybridized carbons (Fsp3) is 0.0476. The van der Waals surface area contributed by atoms with Gasteiger partial charge in [0, 0.05) is 6.54 Å². The van der Waals surface area contributed by atoms with Crippen molar-refractivity contribution in [1.29, 1.82) is 0 Å². The molecule has 1 N–H and O–H groups in total. The van der Waals surface area contributed by atoms with Gasteiger partial charge in [-0.3, -0.25) is 9.20 Å². The summed E-state index contributed by atoms with van der Waals surface area (Å²) in [6, 6.07) is 18.8. The summed E-state index contributed by atoms with van der Waals surface area (Å²) >= 11 is 0. The van der Waals surface area contributed by atoms with E-state index in [2.05, 4.69) is 10.3 Å². The highest BCUT2D eigenvalue weighted by Gasteiger charge is 2.10. The Balaban J connectivity index is 1.46. The van der Waals surface area contributed by atoms with Crippen LogP contribution in [0.15, 0.2) is 79.3 Å². The second kappa shape index (κ2) is 7.29. The number of amides is 1. The normalized spacial score (nSPS) is 10.7. The Morgan fingerprint density at radius 2 is 1.93 bits per heavy atom. The van der Waals surface area contributed by atoms with Gasteiger partial charge >= 0.3 is 0 Å².